The third-order valence-corrected chi connectivity index (χ3v) is 7.44. The summed E-state index contributed by atoms with van der Waals surface area (Å²) >= 11 is 0. The molecule has 0 bridgehead atoms. The van der Waals surface area contributed by atoms with Gasteiger partial charge in [0.05, 0.1) is 38.7 Å². The minimum Gasteiger partial charge on any atom is -0.468 e. The molecule has 2 fully saturated rings. The van der Waals surface area contributed by atoms with Gasteiger partial charge in [-0.3, -0.25) is 14.4 Å². The van der Waals surface area contributed by atoms with Crippen molar-refractivity contribution in [2.75, 3.05) is 13.7 Å². The van der Waals surface area contributed by atoms with Crippen molar-refractivity contribution in [1.82, 2.24) is 10.2 Å². The second kappa shape index (κ2) is 10.1. The maximum atomic E-state index is 13.7. The standard InChI is InChI=1S/C26H32N2O6/c1-4-11-27-23(29)13-19-15-26(25(31)32-3)17(2)34-21(18-8-5-6-9-18)14-22(26)28(24(19)30)16-20-10-7-12-33-20/h1,7,10,12,14,17-19,21H,5-6,8-9,11,13,15-16H2,2-3H3,(H,27,29)/t17-,19+,21-,26+/m1/s1. The minimum atomic E-state index is -1.21. The molecule has 34 heavy (non-hydrogen) atoms. The molecule has 182 valence electrons. The van der Waals surface area contributed by atoms with Gasteiger partial charge in [-0.1, -0.05) is 18.8 Å². The Morgan fingerprint density at radius 3 is 2.76 bits per heavy atom. The maximum absolute atomic E-state index is 13.7. The zero-order valence-electron chi connectivity index (χ0n) is 19.7. The van der Waals surface area contributed by atoms with Crippen LogP contribution in [0.25, 0.3) is 0 Å². The van der Waals surface area contributed by atoms with Crippen LogP contribution in [0.3, 0.4) is 0 Å². The predicted octanol–water partition coefficient (Wildman–Crippen LogP) is 2.79. The molecule has 0 spiro atoms. The monoisotopic (exact) mass is 468 g/mol. The van der Waals surface area contributed by atoms with E-state index < -0.39 is 23.4 Å². The van der Waals surface area contributed by atoms with E-state index in [9.17, 15) is 14.4 Å². The van der Waals surface area contributed by atoms with Crippen LogP contribution in [0, 0.1) is 29.6 Å². The number of methoxy groups -OCH3 is 1. The van der Waals surface area contributed by atoms with Crippen molar-refractivity contribution in [3.8, 4) is 12.3 Å². The molecule has 2 aliphatic heterocycles. The number of amides is 2. The second-order valence-electron chi connectivity index (χ2n) is 9.39. The van der Waals surface area contributed by atoms with Gasteiger partial charge in [0.1, 0.15) is 11.2 Å². The molecule has 8 heteroatoms. The van der Waals surface area contributed by atoms with Crippen LogP contribution in [0.1, 0.15) is 51.2 Å². The van der Waals surface area contributed by atoms with E-state index in [2.05, 4.69) is 11.2 Å². The third kappa shape index (κ3) is 4.37. The van der Waals surface area contributed by atoms with Crippen LogP contribution in [0.4, 0.5) is 0 Å². The smallest absolute Gasteiger partial charge is 0.320 e. The number of carbonyl (C=O) groups is 3. The van der Waals surface area contributed by atoms with Crippen molar-refractivity contribution in [2.24, 2.45) is 17.3 Å². The van der Waals surface area contributed by atoms with Crippen molar-refractivity contribution in [3.63, 3.8) is 0 Å². The lowest BCUT2D eigenvalue weighted by Gasteiger charge is -2.52. The third-order valence-electron chi connectivity index (χ3n) is 7.44. The van der Waals surface area contributed by atoms with Gasteiger partial charge in [0, 0.05) is 18.0 Å². The molecule has 2 amide bonds. The van der Waals surface area contributed by atoms with E-state index in [0.29, 0.717) is 17.4 Å². The number of carbonyl (C=O) groups excluding carboxylic acids is 3. The van der Waals surface area contributed by atoms with Gasteiger partial charge >= 0.3 is 5.97 Å². The molecule has 1 aliphatic carbocycles. The fourth-order valence-electron chi connectivity index (χ4n) is 5.72. The van der Waals surface area contributed by atoms with E-state index in [1.165, 1.54) is 7.11 Å². The molecule has 0 aromatic carbocycles. The zero-order chi connectivity index (χ0) is 24.3. The van der Waals surface area contributed by atoms with E-state index in [1.807, 2.05) is 13.0 Å². The van der Waals surface area contributed by atoms with Crippen molar-refractivity contribution in [1.29, 1.82) is 0 Å². The van der Waals surface area contributed by atoms with Gasteiger partial charge in [0.25, 0.3) is 0 Å². The molecule has 4 atom stereocenters. The molecular weight excluding hydrogens is 436 g/mol. The van der Waals surface area contributed by atoms with Gasteiger partial charge in [0.15, 0.2) is 0 Å². The summed E-state index contributed by atoms with van der Waals surface area (Å²) < 4.78 is 17.2. The molecule has 1 N–H and O–H groups in total. The summed E-state index contributed by atoms with van der Waals surface area (Å²) in [4.78, 5) is 41.2. The van der Waals surface area contributed by atoms with E-state index in [0.717, 1.165) is 25.7 Å². The van der Waals surface area contributed by atoms with Gasteiger partial charge in [-0.2, -0.15) is 0 Å². The molecule has 0 radical (unpaired) electrons. The van der Waals surface area contributed by atoms with Gasteiger partial charge in [-0.25, -0.2) is 0 Å². The number of likely N-dealkylation sites (tertiary alicyclic amines) is 1. The highest BCUT2D eigenvalue weighted by atomic mass is 16.5. The summed E-state index contributed by atoms with van der Waals surface area (Å²) in [5.41, 5.74) is -0.613. The zero-order valence-corrected chi connectivity index (χ0v) is 19.7. The first kappa shape index (κ1) is 24.1. The van der Waals surface area contributed by atoms with Gasteiger partial charge in [-0.05, 0) is 50.3 Å². The highest BCUT2D eigenvalue weighted by molar-refractivity contribution is 5.92. The fraction of sp³-hybridized carbons (Fsp3) is 0.577. The number of hydrogen-bond acceptors (Lipinski definition) is 6. The van der Waals surface area contributed by atoms with Gasteiger partial charge in [0.2, 0.25) is 11.8 Å². The van der Waals surface area contributed by atoms with Crippen LogP contribution in [0.15, 0.2) is 34.6 Å². The van der Waals surface area contributed by atoms with Crippen molar-refractivity contribution in [2.45, 2.75) is 64.2 Å². The second-order valence-corrected chi connectivity index (χ2v) is 9.39. The number of rotatable bonds is 7. The lowest BCUT2D eigenvalue weighted by molar-refractivity contribution is -0.178. The number of furan rings is 1. The first-order chi connectivity index (χ1) is 16.4. The molecule has 4 rings (SSSR count). The number of piperidine rings is 1. The van der Waals surface area contributed by atoms with Crippen LogP contribution in [0.5, 0.6) is 0 Å². The Kier molecular flexibility index (Phi) is 7.13. The Labute approximate surface area is 200 Å². The quantitative estimate of drug-likeness (QED) is 0.488. The molecule has 1 saturated heterocycles. The highest BCUT2D eigenvalue weighted by Gasteiger charge is 2.60. The predicted molar refractivity (Wildman–Crippen MR) is 123 cm³/mol. The minimum absolute atomic E-state index is 0.0751. The highest BCUT2D eigenvalue weighted by Crippen LogP contribution is 2.52. The Morgan fingerprint density at radius 2 is 2.12 bits per heavy atom. The Balaban J connectivity index is 1.76. The lowest BCUT2D eigenvalue weighted by Crippen LogP contribution is -2.60. The van der Waals surface area contributed by atoms with Gasteiger partial charge < -0.3 is 24.1 Å². The molecule has 3 heterocycles. The van der Waals surface area contributed by atoms with Crippen molar-refractivity contribution < 1.29 is 28.3 Å². The largest absolute Gasteiger partial charge is 0.468 e. The molecule has 8 nitrogen and oxygen atoms in total. The normalized spacial score (nSPS) is 29.2. The topological polar surface area (TPSA) is 98.1 Å². The van der Waals surface area contributed by atoms with Crippen LogP contribution in [-0.2, 0) is 30.4 Å². The summed E-state index contributed by atoms with van der Waals surface area (Å²) in [7, 11) is 1.34. The molecule has 1 aromatic rings. The van der Waals surface area contributed by atoms with Crippen LogP contribution in [0.2, 0.25) is 0 Å². The summed E-state index contributed by atoms with van der Waals surface area (Å²) in [5, 5.41) is 2.62. The number of nitrogens with one attached hydrogen (secondary N) is 1. The average Bonchev–Trinajstić information content (AvgIpc) is 3.55. The Morgan fingerprint density at radius 1 is 1.35 bits per heavy atom. The fourth-order valence-corrected chi connectivity index (χ4v) is 5.72. The Bertz CT molecular complexity index is 987. The first-order valence-electron chi connectivity index (χ1n) is 11.9. The summed E-state index contributed by atoms with van der Waals surface area (Å²) in [6, 6.07) is 3.54. The van der Waals surface area contributed by atoms with E-state index in [4.69, 9.17) is 20.3 Å². The Hall–Kier alpha value is -3.05. The maximum Gasteiger partial charge on any atom is 0.320 e. The molecule has 1 saturated carbocycles. The molecule has 3 aliphatic rings. The van der Waals surface area contributed by atoms with E-state index in [1.54, 1.807) is 23.3 Å². The SMILES string of the molecule is C#CCNC(=O)C[C@H]1C[C@@]2(C(=O)OC)C(=C[C@H](C3CCCC3)O[C@@H]2C)N(Cc2ccco2)C1=O. The van der Waals surface area contributed by atoms with Crippen LogP contribution < -0.4 is 5.32 Å². The number of hydrogen-bond donors (Lipinski definition) is 1. The molecule has 1 aromatic heterocycles. The summed E-state index contributed by atoms with van der Waals surface area (Å²) in [6.45, 7) is 2.09. The van der Waals surface area contributed by atoms with Crippen LogP contribution in [-0.4, -0.2) is 48.5 Å². The van der Waals surface area contributed by atoms with E-state index in [-0.39, 0.29) is 43.8 Å². The lowest BCUT2D eigenvalue weighted by atomic mass is 9.66. The van der Waals surface area contributed by atoms with Crippen LogP contribution >= 0.6 is 0 Å². The summed E-state index contributed by atoms with van der Waals surface area (Å²) in [6.07, 6.45) is 12.5. The summed E-state index contributed by atoms with van der Waals surface area (Å²) in [5.74, 6) is 1.52. The number of fused-ring (bicyclic) bond motifs is 1. The van der Waals surface area contributed by atoms with Crippen molar-refractivity contribution >= 4 is 17.8 Å². The number of terminal acetylenes is 1. The molecule has 0 unspecified atom stereocenters. The average molecular weight is 469 g/mol. The van der Waals surface area contributed by atoms with E-state index >= 15 is 0 Å². The van der Waals surface area contributed by atoms with Crippen molar-refractivity contribution in [3.05, 3.63) is 35.9 Å². The number of ether oxygens (including phenoxy) is 2. The number of esters is 1. The molecular formula is C26H32N2O6. The first-order valence-corrected chi connectivity index (χ1v) is 11.9. The number of nitrogens with zero attached hydrogens (tertiary/aromatic N) is 1. The van der Waals surface area contributed by atoms with Gasteiger partial charge in [-0.15, -0.1) is 6.42 Å².